The summed E-state index contributed by atoms with van der Waals surface area (Å²) < 4.78 is 11.2. The SMILES string of the molecule is Cc1oc(-c2ccccc2)nc1CC(=O)NC[C@H]1CCCO1. The average Bonchev–Trinajstić information content (AvgIpc) is 3.17. The van der Waals surface area contributed by atoms with E-state index in [1.807, 2.05) is 37.3 Å². The van der Waals surface area contributed by atoms with Crippen LogP contribution in [0.4, 0.5) is 0 Å². The molecule has 1 aromatic heterocycles. The van der Waals surface area contributed by atoms with E-state index >= 15 is 0 Å². The highest BCUT2D eigenvalue weighted by Gasteiger charge is 2.18. The normalized spacial score (nSPS) is 17.6. The Morgan fingerprint density at radius 1 is 1.36 bits per heavy atom. The van der Waals surface area contributed by atoms with Crippen molar-refractivity contribution in [1.82, 2.24) is 10.3 Å². The molecular formula is C17H20N2O3. The lowest BCUT2D eigenvalue weighted by molar-refractivity contribution is -0.121. The summed E-state index contributed by atoms with van der Waals surface area (Å²) in [5, 5.41) is 2.90. The lowest BCUT2D eigenvalue weighted by atomic mass is 10.2. The fourth-order valence-electron chi connectivity index (χ4n) is 2.54. The maximum Gasteiger partial charge on any atom is 0.226 e. The van der Waals surface area contributed by atoms with E-state index in [1.165, 1.54) is 0 Å². The van der Waals surface area contributed by atoms with Gasteiger partial charge in [0.05, 0.1) is 18.2 Å². The van der Waals surface area contributed by atoms with Crippen molar-refractivity contribution in [1.29, 1.82) is 0 Å². The Kier molecular flexibility index (Phi) is 4.53. The quantitative estimate of drug-likeness (QED) is 0.921. The molecule has 5 nitrogen and oxygen atoms in total. The molecule has 22 heavy (non-hydrogen) atoms. The molecule has 1 aliphatic heterocycles. The van der Waals surface area contributed by atoms with Crippen molar-refractivity contribution < 1.29 is 13.9 Å². The molecule has 1 saturated heterocycles. The van der Waals surface area contributed by atoms with Crippen molar-refractivity contribution in [2.45, 2.75) is 32.3 Å². The standard InChI is InChI=1S/C17H20N2O3/c1-12-15(10-16(20)18-11-14-8-5-9-21-14)19-17(22-12)13-6-3-2-4-7-13/h2-4,6-7,14H,5,8-11H2,1H3,(H,18,20)/t14-/m1/s1. The number of amides is 1. The second-order valence-electron chi connectivity index (χ2n) is 5.50. The second-order valence-corrected chi connectivity index (χ2v) is 5.50. The molecule has 0 aliphatic carbocycles. The highest BCUT2D eigenvalue weighted by molar-refractivity contribution is 5.78. The minimum atomic E-state index is -0.0495. The molecule has 0 spiro atoms. The smallest absolute Gasteiger partial charge is 0.226 e. The number of aromatic nitrogens is 1. The predicted octanol–water partition coefficient (Wildman–Crippen LogP) is 2.49. The summed E-state index contributed by atoms with van der Waals surface area (Å²) >= 11 is 0. The molecule has 0 unspecified atom stereocenters. The minimum Gasteiger partial charge on any atom is -0.441 e. The summed E-state index contributed by atoms with van der Waals surface area (Å²) in [6.07, 6.45) is 2.47. The first kappa shape index (κ1) is 14.8. The molecule has 0 saturated carbocycles. The number of hydrogen-bond acceptors (Lipinski definition) is 4. The van der Waals surface area contributed by atoms with Crippen molar-refractivity contribution in [3.8, 4) is 11.5 Å². The average molecular weight is 300 g/mol. The molecule has 2 heterocycles. The first-order valence-corrected chi connectivity index (χ1v) is 7.62. The van der Waals surface area contributed by atoms with E-state index in [4.69, 9.17) is 9.15 Å². The monoisotopic (exact) mass is 300 g/mol. The lowest BCUT2D eigenvalue weighted by Gasteiger charge is -2.10. The Labute approximate surface area is 129 Å². The first-order valence-electron chi connectivity index (χ1n) is 7.62. The van der Waals surface area contributed by atoms with Gasteiger partial charge < -0.3 is 14.5 Å². The van der Waals surface area contributed by atoms with Crippen LogP contribution in [0, 0.1) is 6.92 Å². The van der Waals surface area contributed by atoms with Crippen LogP contribution in [0.3, 0.4) is 0 Å². The molecule has 1 aromatic carbocycles. The van der Waals surface area contributed by atoms with Gasteiger partial charge in [-0.25, -0.2) is 4.98 Å². The molecular weight excluding hydrogens is 280 g/mol. The third kappa shape index (κ3) is 3.54. The number of carbonyl (C=O) groups excluding carboxylic acids is 1. The molecule has 5 heteroatoms. The van der Waals surface area contributed by atoms with Crippen molar-refractivity contribution in [2.24, 2.45) is 0 Å². The zero-order valence-corrected chi connectivity index (χ0v) is 12.7. The van der Waals surface area contributed by atoms with Gasteiger partial charge in [-0.15, -0.1) is 0 Å². The Balaban J connectivity index is 1.60. The molecule has 2 aromatic rings. The van der Waals surface area contributed by atoms with Crippen LogP contribution < -0.4 is 5.32 Å². The number of carbonyl (C=O) groups is 1. The largest absolute Gasteiger partial charge is 0.441 e. The maximum absolute atomic E-state index is 12.0. The number of nitrogens with one attached hydrogen (secondary N) is 1. The van der Waals surface area contributed by atoms with Gasteiger partial charge in [-0.3, -0.25) is 4.79 Å². The van der Waals surface area contributed by atoms with Crippen LogP contribution in [0.1, 0.15) is 24.3 Å². The van der Waals surface area contributed by atoms with Gasteiger partial charge in [-0.1, -0.05) is 18.2 Å². The number of oxazole rings is 1. The zero-order chi connectivity index (χ0) is 15.4. The summed E-state index contributed by atoms with van der Waals surface area (Å²) in [4.78, 5) is 16.5. The van der Waals surface area contributed by atoms with Crippen LogP contribution in [0.25, 0.3) is 11.5 Å². The number of nitrogens with zero attached hydrogens (tertiary/aromatic N) is 1. The van der Waals surface area contributed by atoms with Crippen molar-refractivity contribution in [3.63, 3.8) is 0 Å². The second kappa shape index (κ2) is 6.75. The Morgan fingerprint density at radius 2 is 2.18 bits per heavy atom. The van der Waals surface area contributed by atoms with E-state index in [0.717, 1.165) is 25.0 Å². The van der Waals surface area contributed by atoms with E-state index < -0.39 is 0 Å². The van der Waals surface area contributed by atoms with Crippen molar-refractivity contribution in [3.05, 3.63) is 41.8 Å². The van der Waals surface area contributed by atoms with Gasteiger partial charge >= 0.3 is 0 Å². The van der Waals surface area contributed by atoms with Gasteiger partial charge in [0, 0.05) is 18.7 Å². The molecule has 1 fully saturated rings. The Hall–Kier alpha value is -2.14. The van der Waals surface area contributed by atoms with E-state index in [0.29, 0.717) is 23.9 Å². The van der Waals surface area contributed by atoms with Gasteiger partial charge in [-0.05, 0) is 31.9 Å². The Morgan fingerprint density at radius 3 is 2.91 bits per heavy atom. The lowest BCUT2D eigenvalue weighted by Crippen LogP contribution is -2.32. The summed E-state index contributed by atoms with van der Waals surface area (Å²) in [6.45, 7) is 3.20. The van der Waals surface area contributed by atoms with E-state index in [2.05, 4.69) is 10.3 Å². The molecule has 0 bridgehead atoms. The van der Waals surface area contributed by atoms with Gasteiger partial charge in [0.15, 0.2) is 0 Å². The highest BCUT2D eigenvalue weighted by atomic mass is 16.5. The highest BCUT2D eigenvalue weighted by Crippen LogP contribution is 2.21. The Bertz CT molecular complexity index is 631. The van der Waals surface area contributed by atoms with E-state index in [-0.39, 0.29) is 18.4 Å². The molecule has 1 N–H and O–H groups in total. The fourth-order valence-corrected chi connectivity index (χ4v) is 2.54. The first-order chi connectivity index (χ1) is 10.7. The van der Waals surface area contributed by atoms with Crippen LogP contribution in [0.5, 0.6) is 0 Å². The molecule has 1 amide bonds. The van der Waals surface area contributed by atoms with Crippen LogP contribution in [-0.4, -0.2) is 30.1 Å². The predicted molar refractivity (Wildman–Crippen MR) is 82.4 cm³/mol. The fraction of sp³-hybridized carbons (Fsp3) is 0.412. The van der Waals surface area contributed by atoms with Crippen LogP contribution in [0.15, 0.2) is 34.7 Å². The van der Waals surface area contributed by atoms with Gasteiger partial charge in [0.2, 0.25) is 11.8 Å². The molecule has 3 rings (SSSR count). The number of aryl methyl sites for hydroxylation is 1. The molecule has 1 aliphatic rings. The minimum absolute atomic E-state index is 0.0495. The van der Waals surface area contributed by atoms with E-state index in [1.54, 1.807) is 0 Å². The van der Waals surface area contributed by atoms with Gasteiger partial charge in [-0.2, -0.15) is 0 Å². The molecule has 1 atom stereocenters. The number of hydrogen-bond donors (Lipinski definition) is 1. The van der Waals surface area contributed by atoms with Gasteiger partial charge in [0.1, 0.15) is 5.76 Å². The summed E-state index contributed by atoms with van der Waals surface area (Å²) in [7, 11) is 0. The summed E-state index contributed by atoms with van der Waals surface area (Å²) in [6, 6.07) is 9.68. The maximum atomic E-state index is 12.0. The van der Waals surface area contributed by atoms with E-state index in [9.17, 15) is 4.79 Å². The molecule has 116 valence electrons. The third-order valence-electron chi connectivity index (χ3n) is 3.79. The molecule has 0 radical (unpaired) electrons. The van der Waals surface area contributed by atoms with Crippen molar-refractivity contribution in [2.75, 3.05) is 13.2 Å². The van der Waals surface area contributed by atoms with Gasteiger partial charge in [0.25, 0.3) is 0 Å². The summed E-state index contributed by atoms with van der Waals surface area (Å²) in [5.41, 5.74) is 1.60. The number of rotatable bonds is 5. The van der Waals surface area contributed by atoms with Crippen LogP contribution in [0.2, 0.25) is 0 Å². The van der Waals surface area contributed by atoms with Crippen LogP contribution >= 0.6 is 0 Å². The topological polar surface area (TPSA) is 64.4 Å². The zero-order valence-electron chi connectivity index (χ0n) is 12.7. The number of ether oxygens (including phenoxy) is 1. The third-order valence-corrected chi connectivity index (χ3v) is 3.79. The number of benzene rings is 1. The van der Waals surface area contributed by atoms with Crippen LogP contribution in [-0.2, 0) is 16.0 Å². The van der Waals surface area contributed by atoms with Crippen molar-refractivity contribution >= 4 is 5.91 Å². The summed E-state index contributed by atoms with van der Waals surface area (Å²) in [5.74, 6) is 1.19.